The first-order valence-electron chi connectivity index (χ1n) is 6.71. The first-order valence-corrected chi connectivity index (χ1v) is 8.15. The van der Waals surface area contributed by atoms with Crippen molar-refractivity contribution in [2.24, 2.45) is 0 Å². The highest BCUT2D eigenvalue weighted by atomic mass is 32.2. The molecule has 0 aliphatic carbocycles. The van der Waals surface area contributed by atoms with Gasteiger partial charge >= 0.3 is 0 Å². The summed E-state index contributed by atoms with van der Waals surface area (Å²) < 4.78 is 27.2. The van der Waals surface area contributed by atoms with Crippen LogP contribution in [0.15, 0.2) is 35.4 Å². The molecule has 1 aliphatic heterocycles. The van der Waals surface area contributed by atoms with E-state index in [1.54, 1.807) is 6.92 Å². The van der Waals surface area contributed by atoms with Gasteiger partial charge in [0.05, 0.1) is 17.6 Å². The summed E-state index contributed by atoms with van der Waals surface area (Å²) in [6.45, 7) is 2.24. The third-order valence-corrected chi connectivity index (χ3v) is 5.60. The van der Waals surface area contributed by atoms with Gasteiger partial charge in [-0.2, -0.15) is 5.10 Å². The van der Waals surface area contributed by atoms with Gasteiger partial charge in [-0.3, -0.25) is 9.40 Å². The monoisotopic (exact) mass is 291 g/mol. The minimum atomic E-state index is -3.55. The number of para-hydroxylation sites is 1. The van der Waals surface area contributed by atoms with Gasteiger partial charge in [0, 0.05) is 6.54 Å². The van der Waals surface area contributed by atoms with Gasteiger partial charge < -0.3 is 0 Å². The number of hydrogen-bond donors (Lipinski definition) is 1. The van der Waals surface area contributed by atoms with Crippen LogP contribution < -0.4 is 4.31 Å². The van der Waals surface area contributed by atoms with Crippen molar-refractivity contribution in [1.82, 2.24) is 10.2 Å². The second-order valence-corrected chi connectivity index (χ2v) is 6.85. The predicted octanol–water partition coefficient (Wildman–Crippen LogP) is 2.25. The van der Waals surface area contributed by atoms with Crippen LogP contribution in [0.2, 0.25) is 0 Å². The molecule has 0 saturated carbocycles. The molecule has 0 radical (unpaired) electrons. The van der Waals surface area contributed by atoms with E-state index in [4.69, 9.17) is 0 Å². The molecule has 3 rings (SSSR count). The first-order chi connectivity index (χ1) is 9.60. The number of rotatable bonds is 2. The van der Waals surface area contributed by atoms with E-state index < -0.39 is 10.0 Å². The maximum absolute atomic E-state index is 12.9. The Hall–Kier alpha value is -1.82. The van der Waals surface area contributed by atoms with Crippen molar-refractivity contribution in [3.8, 4) is 0 Å². The molecular formula is C14H17N3O2S. The number of aromatic amines is 1. The van der Waals surface area contributed by atoms with Crippen LogP contribution in [0.3, 0.4) is 0 Å². The number of fused-ring (bicyclic) bond motifs is 1. The lowest BCUT2D eigenvalue weighted by Gasteiger charge is -2.24. The molecule has 1 aromatic carbocycles. The summed E-state index contributed by atoms with van der Waals surface area (Å²) in [5, 5.41) is 6.53. The third kappa shape index (κ3) is 2.10. The highest BCUT2D eigenvalue weighted by molar-refractivity contribution is 7.92. The van der Waals surface area contributed by atoms with E-state index in [2.05, 4.69) is 10.2 Å². The number of nitrogens with zero attached hydrogens (tertiary/aromatic N) is 2. The average molecular weight is 291 g/mol. The molecule has 1 aromatic heterocycles. The zero-order valence-corrected chi connectivity index (χ0v) is 12.2. The number of nitrogens with one attached hydrogen (secondary N) is 1. The Balaban J connectivity index is 2.12. The maximum atomic E-state index is 12.9. The molecule has 20 heavy (non-hydrogen) atoms. The standard InChI is InChI=1S/C14H17N3O2S/c1-11-14(10-15-16-11)20(18,19)17-9-5-4-7-12-6-2-3-8-13(12)17/h2-3,6,8,10H,4-5,7,9H2,1H3,(H,15,16). The van der Waals surface area contributed by atoms with E-state index in [1.807, 2.05) is 24.3 Å². The molecule has 0 bridgehead atoms. The van der Waals surface area contributed by atoms with Gasteiger partial charge in [0.25, 0.3) is 10.0 Å². The van der Waals surface area contributed by atoms with Gasteiger partial charge in [0.1, 0.15) is 4.90 Å². The Labute approximate surface area is 118 Å². The fourth-order valence-electron chi connectivity index (χ4n) is 2.62. The Morgan fingerprint density at radius 3 is 2.80 bits per heavy atom. The molecule has 6 heteroatoms. The minimum Gasteiger partial charge on any atom is -0.281 e. The van der Waals surface area contributed by atoms with E-state index in [0.29, 0.717) is 12.2 Å². The first kappa shape index (κ1) is 13.2. The van der Waals surface area contributed by atoms with Crippen molar-refractivity contribution in [1.29, 1.82) is 0 Å². The van der Waals surface area contributed by atoms with Crippen molar-refractivity contribution in [2.75, 3.05) is 10.8 Å². The molecule has 0 saturated heterocycles. The van der Waals surface area contributed by atoms with Crippen LogP contribution in [-0.2, 0) is 16.4 Å². The van der Waals surface area contributed by atoms with Gasteiger partial charge in [-0.25, -0.2) is 8.42 Å². The SMILES string of the molecule is Cc1[nH]ncc1S(=O)(=O)N1CCCCc2ccccc21. The van der Waals surface area contributed by atoms with Gasteiger partial charge in [-0.05, 0) is 37.8 Å². The van der Waals surface area contributed by atoms with E-state index in [1.165, 1.54) is 10.5 Å². The van der Waals surface area contributed by atoms with Crippen LogP contribution in [0.1, 0.15) is 24.1 Å². The molecule has 0 amide bonds. The van der Waals surface area contributed by atoms with Crippen LogP contribution in [0.4, 0.5) is 5.69 Å². The molecule has 0 spiro atoms. The van der Waals surface area contributed by atoms with Crippen molar-refractivity contribution < 1.29 is 8.42 Å². The maximum Gasteiger partial charge on any atom is 0.267 e. The molecule has 0 fully saturated rings. The molecule has 106 valence electrons. The van der Waals surface area contributed by atoms with Crippen molar-refractivity contribution >= 4 is 15.7 Å². The summed E-state index contributed by atoms with van der Waals surface area (Å²) in [6.07, 6.45) is 4.18. The summed E-state index contributed by atoms with van der Waals surface area (Å²) in [4.78, 5) is 0.259. The number of anilines is 1. The fraction of sp³-hybridized carbons (Fsp3) is 0.357. The Morgan fingerprint density at radius 1 is 1.25 bits per heavy atom. The largest absolute Gasteiger partial charge is 0.281 e. The zero-order chi connectivity index (χ0) is 14.2. The Bertz CT molecular complexity index is 722. The quantitative estimate of drug-likeness (QED) is 0.923. The smallest absolute Gasteiger partial charge is 0.267 e. The van der Waals surface area contributed by atoms with E-state index in [9.17, 15) is 8.42 Å². The summed E-state index contributed by atoms with van der Waals surface area (Å²) in [5.41, 5.74) is 2.46. The molecule has 5 nitrogen and oxygen atoms in total. The van der Waals surface area contributed by atoms with Crippen molar-refractivity contribution in [3.63, 3.8) is 0 Å². The Morgan fingerprint density at radius 2 is 2.05 bits per heavy atom. The van der Waals surface area contributed by atoms with Crippen LogP contribution in [0.25, 0.3) is 0 Å². The molecular weight excluding hydrogens is 274 g/mol. The molecule has 1 N–H and O–H groups in total. The number of aryl methyl sites for hydroxylation is 2. The number of hydrogen-bond acceptors (Lipinski definition) is 3. The third-order valence-electron chi connectivity index (χ3n) is 3.67. The summed E-state index contributed by atoms with van der Waals surface area (Å²) >= 11 is 0. The number of aromatic nitrogens is 2. The Kier molecular flexibility index (Phi) is 3.25. The second kappa shape index (κ2) is 4.94. The number of benzene rings is 1. The summed E-state index contributed by atoms with van der Waals surface area (Å²) in [7, 11) is -3.55. The minimum absolute atomic E-state index is 0.259. The van der Waals surface area contributed by atoms with Gasteiger partial charge in [-0.1, -0.05) is 18.2 Å². The predicted molar refractivity (Wildman–Crippen MR) is 77.2 cm³/mol. The lowest BCUT2D eigenvalue weighted by molar-refractivity contribution is 0.589. The molecule has 0 unspecified atom stereocenters. The van der Waals surface area contributed by atoms with Gasteiger partial charge in [-0.15, -0.1) is 0 Å². The van der Waals surface area contributed by atoms with Crippen LogP contribution in [0, 0.1) is 6.92 Å². The number of H-pyrrole nitrogens is 1. The van der Waals surface area contributed by atoms with Crippen LogP contribution >= 0.6 is 0 Å². The highest BCUT2D eigenvalue weighted by Gasteiger charge is 2.29. The van der Waals surface area contributed by atoms with Crippen LogP contribution in [0.5, 0.6) is 0 Å². The summed E-state index contributed by atoms with van der Waals surface area (Å²) in [6, 6.07) is 7.73. The second-order valence-electron chi connectivity index (χ2n) is 5.02. The van der Waals surface area contributed by atoms with Crippen molar-refractivity contribution in [3.05, 3.63) is 41.7 Å². The molecule has 2 heterocycles. The average Bonchev–Trinajstić information content (AvgIpc) is 2.75. The fourth-order valence-corrected chi connectivity index (χ4v) is 4.29. The summed E-state index contributed by atoms with van der Waals surface area (Å²) in [5.74, 6) is 0. The number of sulfonamides is 1. The lowest BCUT2D eigenvalue weighted by Crippen LogP contribution is -2.32. The highest BCUT2D eigenvalue weighted by Crippen LogP contribution is 2.31. The van der Waals surface area contributed by atoms with E-state index in [-0.39, 0.29) is 4.90 Å². The van der Waals surface area contributed by atoms with E-state index >= 15 is 0 Å². The molecule has 1 aliphatic rings. The van der Waals surface area contributed by atoms with Gasteiger partial charge in [0.2, 0.25) is 0 Å². The molecule has 0 atom stereocenters. The van der Waals surface area contributed by atoms with Crippen molar-refractivity contribution in [2.45, 2.75) is 31.1 Å². The normalized spacial score (nSPS) is 15.8. The van der Waals surface area contributed by atoms with E-state index in [0.717, 1.165) is 30.5 Å². The molecule has 2 aromatic rings. The zero-order valence-electron chi connectivity index (χ0n) is 11.3. The topological polar surface area (TPSA) is 66.1 Å². The van der Waals surface area contributed by atoms with Gasteiger partial charge in [0.15, 0.2) is 0 Å². The van der Waals surface area contributed by atoms with Crippen LogP contribution in [-0.4, -0.2) is 25.2 Å². The lowest BCUT2D eigenvalue weighted by atomic mass is 10.1.